The van der Waals surface area contributed by atoms with Crippen LogP contribution < -0.4 is 25.1 Å². The maximum atomic E-state index is 12.4. The molecule has 0 aliphatic carbocycles. The zero-order chi connectivity index (χ0) is 21.5. The molecular weight excluding hydrogens is 394 g/mol. The molecule has 0 radical (unpaired) electrons. The van der Waals surface area contributed by atoms with Gasteiger partial charge in [-0.3, -0.25) is 25.8 Å². The van der Waals surface area contributed by atoms with Crippen LogP contribution in [0.25, 0.3) is 0 Å². The van der Waals surface area contributed by atoms with Crippen molar-refractivity contribution in [3.63, 3.8) is 0 Å². The third kappa shape index (κ3) is 4.52. The van der Waals surface area contributed by atoms with Gasteiger partial charge in [0, 0.05) is 0 Å². The third-order valence-corrected chi connectivity index (χ3v) is 3.89. The van der Waals surface area contributed by atoms with E-state index in [1.54, 1.807) is 48.5 Å². The molecule has 11 heteroatoms. The lowest BCUT2D eigenvalue weighted by atomic mass is 10.2. The average Bonchev–Trinajstić information content (AvgIpc) is 2.77. The van der Waals surface area contributed by atoms with Gasteiger partial charge in [-0.15, -0.1) is 0 Å². The van der Waals surface area contributed by atoms with E-state index in [-0.39, 0.29) is 17.3 Å². The number of anilines is 1. The topological polar surface area (TPSA) is 138 Å². The molecule has 154 valence electrons. The number of ether oxygens (including phenoxy) is 3. The zero-order valence-electron chi connectivity index (χ0n) is 16.0. The summed E-state index contributed by atoms with van der Waals surface area (Å²) in [7, 11) is 2.94. The lowest BCUT2D eigenvalue weighted by Crippen LogP contribution is -2.30. The second-order valence-electron chi connectivity index (χ2n) is 5.69. The molecule has 0 spiro atoms. The van der Waals surface area contributed by atoms with Gasteiger partial charge in [0.2, 0.25) is 5.82 Å². The first-order valence-electron chi connectivity index (χ1n) is 8.54. The predicted molar refractivity (Wildman–Crippen MR) is 106 cm³/mol. The molecule has 1 aromatic heterocycles. The minimum Gasteiger partial charge on any atom is -0.497 e. The van der Waals surface area contributed by atoms with Crippen LogP contribution in [0.4, 0.5) is 11.5 Å². The van der Waals surface area contributed by atoms with Crippen LogP contribution in [0.1, 0.15) is 10.4 Å². The highest BCUT2D eigenvalue weighted by Gasteiger charge is 2.26. The fourth-order valence-electron chi connectivity index (χ4n) is 2.46. The minimum absolute atomic E-state index is 0.235. The van der Waals surface area contributed by atoms with Crippen LogP contribution in [-0.2, 0) is 0 Å². The van der Waals surface area contributed by atoms with Gasteiger partial charge in [-0.1, -0.05) is 12.1 Å². The van der Waals surface area contributed by atoms with E-state index in [2.05, 4.69) is 20.8 Å². The molecule has 2 aromatic carbocycles. The molecule has 0 aliphatic heterocycles. The fourth-order valence-corrected chi connectivity index (χ4v) is 2.46. The van der Waals surface area contributed by atoms with E-state index >= 15 is 0 Å². The van der Waals surface area contributed by atoms with Gasteiger partial charge in [-0.05, 0) is 36.4 Å². The summed E-state index contributed by atoms with van der Waals surface area (Å²) in [5.74, 6) is 0.133. The number of nitrogens with one attached hydrogen (secondary N) is 2. The molecule has 2 N–H and O–H groups in total. The Morgan fingerprint density at radius 3 is 2.37 bits per heavy atom. The summed E-state index contributed by atoms with van der Waals surface area (Å²) in [6, 6.07) is 12.9. The van der Waals surface area contributed by atoms with Gasteiger partial charge in [0.15, 0.2) is 0 Å². The summed E-state index contributed by atoms with van der Waals surface area (Å²) in [5.41, 5.74) is 4.48. The highest BCUT2D eigenvalue weighted by Crippen LogP contribution is 2.34. The molecule has 0 saturated heterocycles. The number of methoxy groups -OCH3 is 2. The number of para-hydroxylation sites is 1. The highest BCUT2D eigenvalue weighted by molar-refractivity contribution is 5.97. The number of hydrogen-bond acceptors (Lipinski definition) is 9. The van der Waals surface area contributed by atoms with Crippen molar-refractivity contribution in [2.45, 2.75) is 0 Å². The minimum atomic E-state index is -0.712. The van der Waals surface area contributed by atoms with Crippen LogP contribution in [0.5, 0.6) is 23.1 Å². The van der Waals surface area contributed by atoms with Crippen LogP contribution in [-0.4, -0.2) is 35.0 Å². The molecule has 0 bridgehead atoms. The Hall–Kier alpha value is -4.41. The Morgan fingerprint density at radius 1 is 1.00 bits per heavy atom. The Balaban J connectivity index is 1.82. The first-order chi connectivity index (χ1) is 14.5. The second kappa shape index (κ2) is 9.19. The Bertz CT molecular complexity index is 1060. The van der Waals surface area contributed by atoms with Crippen LogP contribution in [0.2, 0.25) is 0 Å². The van der Waals surface area contributed by atoms with E-state index in [0.717, 1.165) is 6.33 Å². The maximum absolute atomic E-state index is 12.4. The number of carbonyl (C=O) groups excluding carboxylic acids is 1. The van der Waals surface area contributed by atoms with Gasteiger partial charge in [-0.2, -0.15) is 4.98 Å². The smallest absolute Gasteiger partial charge is 0.374 e. The molecule has 1 amide bonds. The summed E-state index contributed by atoms with van der Waals surface area (Å²) in [5, 5.41) is 11.6. The number of rotatable bonds is 8. The van der Waals surface area contributed by atoms with E-state index in [1.807, 2.05) is 0 Å². The first kappa shape index (κ1) is 20.3. The fraction of sp³-hybridized carbons (Fsp3) is 0.105. The van der Waals surface area contributed by atoms with E-state index < -0.39 is 16.5 Å². The number of amides is 1. The monoisotopic (exact) mass is 411 g/mol. The van der Waals surface area contributed by atoms with E-state index in [4.69, 9.17) is 14.2 Å². The summed E-state index contributed by atoms with van der Waals surface area (Å²) < 4.78 is 15.7. The Kier molecular flexibility index (Phi) is 6.23. The number of benzene rings is 2. The third-order valence-electron chi connectivity index (χ3n) is 3.89. The first-order valence-corrected chi connectivity index (χ1v) is 8.54. The number of aromatic nitrogens is 2. The number of hydrazine groups is 1. The Morgan fingerprint density at radius 2 is 1.70 bits per heavy atom. The van der Waals surface area contributed by atoms with Crippen LogP contribution in [0.3, 0.4) is 0 Å². The molecule has 0 saturated carbocycles. The zero-order valence-corrected chi connectivity index (χ0v) is 16.0. The molecule has 0 fully saturated rings. The number of nitrogens with zero attached hydrogens (tertiary/aromatic N) is 3. The Labute approximate surface area is 170 Å². The summed E-state index contributed by atoms with van der Waals surface area (Å²) >= 11 is 0. The SMILES string of the molecule is COc1ccc(Oc2ncnc(NNC(=O)c3ccccc3OC)c2[N+](=O)[O-])cc1. The lowest BCUT2D eigenvalue weighted by Gasteiger charge is -2.12. The molecule has 3 rings (SSSR count). The van der Waals surface area contributed by atoms with Crippen molar-refractivity contribution in [2.24, 2.45) is 0 Å². The van der Waals surface area contributed by atoms with Gasteiger partial charge < -0.3 is 14.2 Å². The molecule has 11 nitrogen and oxygen atoms in total. The van der Waals surface area contributed by atoms with Crippen molar-refractivity contribution in [3.05, 3.63) is 70.5 Å². The van der Waals surface area contributed by atoms with Gasteiger partial charge in [0.1, 0.15) is 23.6 Å². The number of nitro groups is 1. The molecular formula is C19H17N5O6. The van der Waals surface area contributed by atoms with Crippen molar-refractivity contribution in [1.29, 1.82) is 0 Å². The lowest BCUT2D eigenvalue weighted by molar-refractivity contribution is -0.385. The molecule has 30 heavy (non-hydrogen) atoms. The van der Waals surface area contributed by atoms with Crippen LogP contribution in [0.15, 0.2) is 54.9 Å². The summed E-state index contributed by atoms with van der Waals surface area (Å²) in [6.07, 6.45) is 1.07. The van der Waals surface area contributed by atoms with Crippen molar-refractivity contribution >= 4 is 17.4 Å². The van der Waals surface area contributed by atoms with Gasteiger partial charge in [-0.25, -0.2) is 4.98 Å². The van der Waals surface area contributed by atoms with E-state index in [1.165, 1.54) is 14.2 Å². The van der Waals surface area contributed by atoms with Crippen LogP contribution >= 0.6 is 0 Å². The van der Waals surface area contributed by atoms with E-state index in [9.17, 15) is 14.9 Å². The molecule has 3 aromatic rings. The van der Waals surface area contributed by atoms with Crippen molar-refractivity contribution in [2.75, 3.05) is 19.6 Å². The standard InChI is InChI=1S/C19H17N5O6/c1-28-12-7-9-13(10-8-12)30-19-16(24(26)27)17(20-11-21-19)22-23-18(25)14-5-3-4-6-15(14)29-2/h3-11H,1-2H3,(H,23,25)(H,20,21,22). The van der Waals surface area contributed by atoms with Gasteiger partial charge in [0.05, 0.1) is 24.7 Å². The van der Waals surface area contributed by atoms with Crippen molar-refractivity contribution in [1.82, 2.24) is 15.4 Å². The van der Waals surface area contributed by atoms with Crippen LogP contribution in [0, 0.1) is 10.1 Å². The highest BCUT2D eigenvalue weighted by atomic mass is 16.6. The largest absolute Gasteiger partial charge is 0.497 e. The quantitative estimate of drug-likeness (QED) is 0.423. The molecule has 0 atom stereocenters. The summed E-state index contributed by atoms with van der Waals surface area (Å²) in [6.45, 7) is 0. The molecule has 0 unspecified atom stereocenters. The van der Waals surface area contributed by atoms with Gasteiger partial charge in [0.25, 0.3) is 5.91 Å². The summed E-state index contributed by atoms with van der Waals surface area (Å²) in [4.78, 5) is 31.0. The normalized spacial score (nSPS) is 10.1. The van der Waals surface area contributed by atoms with E-state index in [0.29, 0.717) is 17.2 Å². The number of carbonyl (C=O) groups is 1. The van der Waals surface area contributed by atoms with Crippen molar-refractivity contribution in [3.8, 4) is 23.1 Å². The van der Waals surface area contributed by atoms with Gasteiger partial charge >= 0.3 is 11.6 Å². The molecule has 0 aliphatic rings. The second-order valence-corrected chi connectivity index (χ2v) is 5.69. The molecule has 1 heterocycles. The van der Waals surface area contributed by atoms with Crippen molar-refractivity contribution < 1.29 is 23.9 Å². The number of hydrogen-bond donors (Lipinski definition) is 2. The average molecular weight is 411 g/mol. The maximum Gasteiger partial charge on any atom is 0.374 e. The predicted octanol–water partition coefficient (Wildman–Crippen LogP) is 2.95.